The van der Waals surface area contributed by atoms with E-state index in [9.17, 15) is 0 Å². The molecule has 0 aliphatic carbocycles. The molecule has 4 unspecified atom stereocenters. The van der Waals surface area contributed by atoms with Gasteiger partial charge in [-0.05, 0) is 38.1 Å². The second-order valence-corrected chi connectivity index (χ2v) is 6.06. The summed E-state index contributed by atoms with van der Waals surface area (Å²) in [6, 6.07) is 1.40. The molecular formula is C15H32N2. The summed E-state index contributed by atoms with van der Waals surface area (Å²) < 4.78 is 0. The van der Waals surface area contributed by atoms with Crippen molar-refractivity contribution in [3.05, 3.63) is 0 Å². The second-order valence-electron chi connectivity index (χ2n) is 6.06. The van der Waals surface area contributed by atoms with E-state index in [4.69, 9.17) is 0 Å². The Morgan fingerprint density at radius 1 is 1.18 bits per heavy atom. The van der Waals surface area contributed by atoms with Gasteiger partial charge >= 0.3 is 0 Å². The lowest BCUT2D eigenvalue weighted by Crippen LogP contribution is -2.53. The van der Waals surface area contributed by atoms with Crippen LogP contribution in [0.2, 0.25) is 0 Å². The molecule has 1 fully saturated rings. The van der Waals surface area contributed by atoms with Crippen LogP contribution in [0.5, 0.6) is 0 Å². The van der Waals surface area contributed by atoms with Gasteiger partial charge in [-0.3, -0.25) is 4.90 Å². The summed E-state index contributed by atoms with van der Waals surface area (Å²) in [4.78, 5) is 2.75. The molecule has 102 valence electrons. The van der Waals surface area contributed by atoms with Crippen molar-refractivity contribution >= 4 is 0 Å². The Morgan fingerprint density at radius 3 is 2.18 bits per heavy atom. The van der Waals surface area contributed by atoms with Gasteiger partial charge in [0.25, 0.3) is 0 Å². The first kappa shape index (κ1) is 15.0. The molecule has 1 aliphatic heterocycles. The molecule has 0 aromatic heterocycles. The molecule has 0 spiro atoms. The SMILES string of the molecule is CCCC(NC)C(CC)N1CC(C)CC(C)C1. The molecule has 2 nitrogen and oxygen atoms in total. The van der Waals surface area contributed by atoms with E-state index >= 15 is 0 Å². The van der Waals surface area contributed by atoms with Crippen molar-refractivity contribution in [1.29, 1.82) is 0 Å². The van der Waals surface area contributed by atoms with Gasteiger partial charge in [-0.25, -0.2) is 0 Å². The van der Waals surface area contributed by atoms with Crippen molar-refractivity contribution in [2.75, 3.05) is 20.1 Å². The van der Waals surface area contributed by atoms with Crippen LogP contribution in [0.3, 0.4) is 0 Å². The van der Waals surface area contributed by atoms with E-state index in [2.05, 4.69) is 45.0 Å². The Kier molecular flexibility index (Phi) is 6.50. The maximum absolute atomic E-state index is 3.54. The summed E-state index contributed by atoms with van der Waals surface area (Å²) in [6.07, 6.45) is 5.26. The highest BCUT2D eigenvalue weighted by Gasteiger charge is 2.30. The Hall–Kier alpha value is -0.0800. The lowest BCUT2D eigenvalue weighted by atomic mass is 9.88. The average Bonchev–Trinajstić information content (AvgIpc) is 2.27. The van der Waals surface area contributed by atoms with E-state index in [-0.39, 0.29) is 0 Å². The summed E-state index contributed by atoms with van der Waals surface area (Å²) in [5.41, 5.74) is 0. The van der Waals surface area contributed by atoms with Gasteiger partial charge in [0.05, 0.1) is 0 Å². The van der Waals surface area contributed by atoms with E-state index < -0.39 is 0 Å². The van der Waals surface area contributed by atoms with E-state index in [1.807, 2.05) is 0 Å². The number of hydrogen-bond donors (Lipinski definition) is 1. The predicted octanol–water partition coefficient (Wildman–Crippen LogP) is 3.13. The number of piperidine rings is 1. The van der Waals surface area contributed by atoms with Crippen molar-refractivity contribution in [3.8, 4) is 0 Å². The zero-order valence-corrected chi connectivity index (χ0v) is 12.5. The first-order chi connectivity index (χ1) is 8.12. The summed E-state index contributed by atoms with van der Waals surface area (Å²) in [5, 5.41) is 3.54. The molecule has 2 heteroatoms. The molecular weight excluding hydrogens is 208 g/mol. The van der Waals surface area contributed by atoms with Crippen molar-refractivity contribution in [2.24, 2.45) is 11.8 Å². The highest BCUT2D eigenvalue weighted by molar-refractivity contribution is 4.87. The highest BCUT2D eigenvalue weighted by atomic mass is 15.2. The zero-order chi connectivity index (χ0) is 12.8. The number of hydrogen-bond acceptors (Lipinski definition) is 2. The lowest BCUT2D eigenvalue weighted by molar-refractivity contribution is 0.0721. The summed E-state index contributed by atoms with van der Waals surface area (Å²) in [6.45, 7) is 12.0. The van der Waals surface area contributed by atoms with Gasteiger partial charge in [0.1, 0.15) is 0 Å². The number of nitrogens with one attached hydrogen (secondary N) is 1. The molecule has 0 amide bonds. The summed E-state index contributed by atoms with van der Waals surface area (Å²) in [7, 11) is 2.12. The maximum Gasteiger partial charge on any atom is 0.0246 e. The predicted molar refractivity (Wildman–Crippen MR) is 76.4 cm³/mol. The maximum atomic E-state index is 3.54. The van der Waals surface area contributed by atoms with Gasteiger partial charge < -0.3 is 5.32 Å². The van der Waals surface area contributed by atoms with Crippen molar-refractivity contribution in [3.63, 3.8) is 0 Å². The minimum atomic E-state index is 0.669. The monoisotopic (exact) mass is 240 g/mol. The Labute approximate surface area is 108 Å². The lowest BCUT2D eigenvalue weighted by Gasteiger charge is -2.43. The van der Waals surface area contributed by atoms with Crippen LogP contribution in [0.25, 0.3) is 0 Å². The quantitative estimate of drug-likeness (QED) is 0.767. The Morgan fingerprint density at radius 2 is 1.76 bits per heavy atom. The van der Waals surface area contributed by atoms with Gasteiger partial charge in [-0.15, -0.1) is 0 Å². The average molecular weight is 240 g/mol. The van der Waals surface area contributed by atoms with Gasteiger partial charge in [0, 0.05) is 25.2 Å². The van der Waals surface area contributed by atoms with E-state index in [0.29, 0.717) is 6.04 Å². The Bertz CT molecular complexity index is 195. The standard InChI is InChI=1S/C15H32N2/c1-6-8-14(16-5)15(7-2)17-10-12(3)9-13(4)11-17/h12-16H,6-11H2,1-5H3. The molecule has 1 heterocycles. The van der Waals surface area contributed by atoms with E-state index in [1.165, 1.54) is 38.8 Å². The van der Waals surface area contributed by atoms with Crippen LogP contribution in [0.1, 0.15) is 53.4 Å². The molecule has 1 rings (SSSR count). The third kappa shape index (κ3) is 4.26. The van der Waals surface area contributed by atoms with Crippen molar-refractivity contribution < 1.29 is 0 Å². The molecule has 4 atom stereocenters. The first-order valence-corrected chi connectivity index (χ1v) is 7.53. The van der Waals surface area contributed by atoms with Gasteiger partial charge in [0.2, 0.25) is 0 Å². The van der Waals surface area contributed by atoms with Crippen LogP contribution >= 0.6 is 0 Å². The molecule has 1 saturated heterocycles. The zero-order valence-electron chi connectivity index (χ0n) is 12.5. The largest absolute Gasteiger partial charge is 0.315 e. The molecule has 0 aromatic carbocycles. The van der Waals surface area contributed by atoms with Crippen LogP contribution in [0.4, 0.5) is 0 Å². The molecule has 1 aliphatic rings. The minimum absolute atomic E-state index is 0.669. The van der Waals surface area contributed by atoms with Crippen LogP contribution in [-0.4, -0.2) is 37.1 Å². The van der Waals surface area contributed by atoms with Crippen LogP contribution in [0.15, 0.2) is 0 Å². The van der Waals surface area contributed by atoms with Crippen molar-refractivity contribution in [1.82, 2.24) is 10.2 Å². The van der Waals surface area contributed by atoms with Crippen LogP contribution in [0, 0.1) is 11.8 Å². The first-order valence-electron chi connectivity index (χ1n) is 7.53. The smallest absolute Gasteiger partial charge is 0.0246 e. The van der Waals surface area contributed by atoms with Gasteiger partial charge in [0.15, 0.2) is 0 Å². The summed E-state index contributed by atoms with van der Waals surface area (Å²) >= 11 is 0. The number of nitrogens with zero attached hydrogens (tertiary/aromatic N) is 1. The topological polar surface area (TPSA) is 15.3 Å². The highest BCUT2D eigenvalue weighted by Crippen LogP contribution is 2.25. The number of rotatable bonds is 6. The number of likely N-dealkylation sites (tertiary alicyclic amines) is 1. The fourth-order valence-corrected chi connectivity index (χ4v) is 3.62. The normalized spacial score (nSPS) is 30.2. The molecule has 0 bridgehead atoms. The third-order valence-corrected chi connectivity index (χ3v) is 4.22. The van der Waals surface area contributed by atoms with E-state index in [0.717, 1.165) is 17.9 Å². The molecule has 17 heavy (non-hydrogen) atoms. The van der Waals surface area contributed by atoms with E-state index in [1.54, 1.807) is 0 Å². The molecule has 0 aromatic rings. The molecule has 1 N–H and O–H groups in total. The van der Waals surface area contributed by atoms with Crippen LogP contribution in [-0.2, 0) is 0 Å². The van der Waals surface area contributed by atoms with Crippen molar-refractivity contribution in [2.45, 2.75) is 65.5 Å². The molecule has 0 saturated carbocycles. The fraction of sp³-hybridized carbons (Fsp3) is 1.00. The fourth-order valence-electron chi connectivity index (χ4n) is 3.62. The van der Waals surface area contributed by atoms with Gasteiger partial charge in [-0.2, -0.15) is 0 Å². The van der Waals surface area contributed by atoms with Gasteiger partial charge in [-0.1, -0.05) is 34.1 Å². The second kappa shape index (κ2) is 7.38. The third-order valence-electron chi connectivity index (χ3n) is 4.22. The molecule has 0 radical (unpaired) electrons. The Balaban J connectivity index is 2.64. The van der Waals surface area contributed by atoms with Crippen LogP contribution < -0.4 is 5.32 Å². The summed E-state index contributed by atoms with van der Waals surface area (Å²) in [5.74, 6) is 1.74. The number of likely N-dealkylation sites (N-methyl/N-ethyl adjacent to an activating group) is 1. The minimum Gasteiger partial charge on any atom is -0.315 e.